The van der Waals surface area contributed by atoms with E-state index in [1.807, 2.05) is 12.1 Å². The van der Waals surface area contributed by atoms with Crippen molar-refractivity contribution in [1.82, 2.24) is 4.98 Å². The van der Waals surface area contributed by atoms with Gasteiger partial charge in [-0.1, -0.05) is 23.7 Å². The molecule has 1 aromatic heterocycles. The van der Waals surface area contributed by atoms with Crippen molar-refractivity contribution in [2.75, 3.05) is 7.11 Å². The van der Waals surface area contributed by atoms with Gasteiger partial charge in [-0.3, -0.25) is 4.98 Å². The molecule has 0 bridgehead atoms. The Bertz CT molecular complexity index is 513. The minimum absolute atomic E-state index is 0.669. The fourth-order valence-corrected chi connectivity index (χ4v) is 3.41. The first-order valence-corrected chi connectivity index (χ1v) is 7.41. The van der Waals surface area contributed by atoms with Crippen LogP contribution in [0.1, 0.15) is 5.56 Å². The maximum atomic E-state index is 6.11. The number of rotatable bonds is 4. The molecule has 0 aliphatic rings. The Balaban J connectivity index is 2.06. The van der Waals surface area contributed by atoms with Crippen LogP contribution in [0.3, 0.4) is 0 Å². The molecule has 1 heterocycles. The van der Waals surface area contributed by atoms with Gasteiger partial charge in [-0.05, 0) is 33.6 Å². The van der Waals surface area contributed by atoms with Crippen molar-refractivity contribution >= 4 is 39.3 Å². The van der Waals surface area contributed by atoms with Crippen molar-refractivity contribution in [3.63, 3.8) is 0 Å². The number of methoxy groups -OCH3 is 1. The van der Waals surface area contributed by atoms with Crippen LogP contribution in [0.15, 0.2) is 46.0 Å². The lowest BCUT2D eigenvalue weighted by molar-refractivity contribution is 0.414. The standard InChI is InChI=1S/C13H11BrClNOS/c1-17-10-4-2-9(3-5-10)8-18-13-11(14)6-16-7-12(13)15/h2-7H,8H2,1H3. The van der Waals surface area contributed by atoms with E-state index in [9.17, 15) is 0 Å². The third-order valence-electron chi connectivity index (χ3n) is 2.35. The van der Waals surface area contributed by atoms with Crippen LogP contribution in [0, 0.1) is 0 Å². The second-order valence-electron chi connectivity index (χ2n) is 3.57. The van der Waals surface area contributed by atoms with E-state index < -0.39 is 0 Å². The molecule has 0 amide bonds. The highest BCUT2D eigenvalue weighted by atomic mass is 79.9. The number of hydrogen-bond donors (Lipinski definition) is 0. The maximum Gasteiger partial charge on any atom is 0.118 e. The number of aromatic nitrogens is 1. The summed E-state index contributed by atoms with van der Waals surface area (Å²) in [5.41, 5.74) is 1.22. The summed E-state index contributed by atoms with van der Waals surface area (Å²) >= 11 is 11.2. The molecule has 18 heavy (non-hydrogen) atoms. The largest absolute Gasteiger partial charge is 0.497 e. The molecule has 5 heteroatoms. The first-order chi connectivity index (χ1) is 8.70. The predicted molar refractivity (Wildman–Crippen MR) is 79.5 cm³/mol. The Hall–Kier alpha value is -0.710. The summed E-state index contributed by atoms with van der Waals surface area (Å²) in [6.07, 6.45) is 3.41. The number of benzene rings is 1. The van der Waals surface area contributed by atoms with Gasteiger partial charge in [0.25, 0.3) is 0 Å². The topological polar surface area (TPSA) is 22.1 Å². The van der Waals surface area contributed by atoms with Crippen molar-refractivity contribution in [3.8, 4) is 5.75 Å². The van der Waals surface area contributed by atoms with Gasteiger partial charge in [-0.15, -0.1) is 11.8 Å². The minimum Gasteiger partial charge on any atom is -0.497 e. The van der Waals surface area contributed by atoms with E-state index >= 15 is 0 Å². The molecule has 0 saturated carbocycles. The molecule has 0 aliphatic heterocycles. The van der Waals surface area contributed by atoms with Gasteiger partial charge in [0.05, 0.1) is 16.6 Å². The van der Waals surface area contributed by atoms with Gasteiger partial charge in [0, 0.05) is 23.0 Å². The van der Waals surface area contributed by atoms with Crippen molar-refractivity contribution in [3.05, 3.63) is 51.7 Å². The van der Waals surface area contributed by atoms with Crippen molar-refractivity contribution in [1.29, 1.82) is 0 Å². The molecule has 0 unspecified atom stereocenters. The van der Waals surface area contributed by atoms with E-state index in [2.05, 4.69) is 33.0 Å². The Morgan fingerprint density at radius 2 is 2.00 bits per heavy atom. The molecule has 2 rings (SSSR count). The first kappa shape index (κ1) is 13.7. The highest BCUT2D eigenvalue weighted by Crippen LogP contribution is 2.35. The SMILES string of the molecule is COc1ccc(CSc2c(Cl)cncc2Br)cc1. The molecule has 94 valence electrons. The van der Waals surface area contributed by atoms with Crippen LogP contribution in [0.5, 0.6) is 5.75 Å². The first-order valence-electron chi connectivity index (χ1n) is 5.25. The number of nitrogens with zero attached hydrogens (tertiary/aromatic N) is 1. The van der Waals surface area contributed by atoms with E-state index in [0.29, 0.717) is 5.02 Å². The van der Waals surface area contributed by atoms with Gasteiger partial charge in [0.2, 0.25) is 0 Å². The van der Waals surface area contributed by atoms with Crippen molar-refractivity contribution < 1.29 is 4.74 Å². The molecule has 0 N–H and O–H groups in total. The van der Waals surface area contributed by atoms with Crippen LogP contribution in [0.4, 0.5) is 0 Å². The number of pyridine rings is 1. The van der Waals surface area contributed by atoms with Gasteiger partial charge in [-0.25, -0.2) is 0 Å². The lowest BCUT2D eigenvalue weighted by Crippen LogP contribution is -1.86. The zero-order valence-corrected chi connectivity index (χ0v) is 12.8. The quantitative estimate of drug-likeness (QED) is 0.744. The molecule has 0 fully saturated rings. The monoisotopic (exact) mass is 343 g/mol. The number of hydrogen-bond acceptors (Lipinski definition) is 3. The molecule has 0 atom stereocenters. The normalized spacial score (nSPS) is 10.4. The molecule has 0 aliphatic carbocycles. The number of halogens is 2. The number of thioether (sulfide) groups is 1. The zero-order valence-electron chi connectivity index (χ0n) is 9.69. The third kappa shape index (κ3) is 3.40. The van der Waals surface area contributed by atoms with Crippen molar-refractivity contribution in [2.24, 2.45) is 0 Å². The second kappa shape index (κ2) is 6.45. The van der Waals surface area contributed by atoms with Gasteiger partial charge in [0.15, 0.2) is 0 Å². The minimum atomic E-state index is 0.669. The Morgan fingerprint density at radius 1 is 1.28 bits per heavy atom. The van der Waals surface area contributed by atoms with E-state index in [0.717, 1.165) is 20.9 Å². The van der Waals surface area contributed by atoms with Crippen LogP contribution < -0.4 is 4.74 Å². The fourth-order valence-electron chi connectivity index (χ4n) is 1.41. The lowest BCUT2D eigenvalue weighted by atomic mass is 10.2. The van der Waals surface area contributed by atoms with E-state index in [4.69, 9.17) is 16.3 Å². The molecule has 0 saturated heterocycles. The maximum absolute atomic E-state index is 6.11. The summed E-state index contributed by atoms with van der Waals surface area (Å²) < 4.78 is 6.05. The molecule has 1 aromatic carbocycles. The lowest BCUT2D eigenvalue weighted by Gasteiger charge is -2.06. The van der Waals surface area contributed by atoms with Crippen LogP contribution in [-0.2, 0) is 5.75 Å². The average molecular weight is 345 g/mol. The van der Waals surface area contributed by atoms with Crippen LogP contribution in [-0.4, -0.2) is 12.1 Å². The van der Waals surface area contributed by atoms with Crippen LogP contribution in [0.25, 0.3) is 0 Å². The Labute approximate surface area is 124 Å². The molecule has 0 spiro atoms. The molecule has 2 aromatic rings. The smallest absolute Gasteiger partial charge is 0.118 e. The summed E-state index contributed by atoms with van der Waals surface area (Å²) in [4.78, 5) is 5.03. The summed E-state index contributed by atoms with van der Waals surface area (Å²) in [6.45, 7) is 0. The van der Waals surface area contributed by atoms with Gasteiger partial charge in [-0.2, -0.15) is 0 Å². The average Bonchev–Trinajstić information content (AvgIpc) is 2.39. The summed E-state index contributed by atoms with van der Waals surface area (Å²) in [5.74, 6) is 1.72. The van der Waals surface area contributed by atoms with E-state index in [-0.39, 0.29) is 0 Å². The predicted octanol–water partition coefficient (Wildman–Crippen LogP) is 4.80. The summed E-state index contributed by atoms with van der Waals surface area (Å²) in [7, 11) is 1.66. The van der Waals surface area contributed by atoms with Crippen LogP contribution in [0.2, 0.25) is 5.02 Å². The Kier molecular flexibility index (Phi) is 4.92. The summed E-state index contributed by atoms with van der Waals surface area (Å²) in [6, 6.07) is 8.02. The highest BCUT2D eigenvalue weighted by Gasteiger charge is 2.06. The fraction of sp³-hybridized carbons (Fsp3) is 0.154. The van der Waals surface area contributed by atoms with Gasteiger partial charge < -0.3 is 4.74 Å². The number of ether oxygens (including phenoxy) is 1. The van der Waals surface area contributed by atoms with E-state index in [1.165, 1.54) is 5.56 Å². The highest BCUT2D eigenvalue weighted by molar-refractivity contribution is 9.10. The summed E-state index contributed by atoms with van der Waals surface area (Å²) in [5, 5.41) is 0.669. The Morgan fingerprint density at radius 3 is 2.61 bits per heavy atom. The third-order valence-corrected chi connectivity index (χ3v) is 4.82. The molecule has 2 nitrogen and oxygen atoms in total. The molecular weight excluding hydrogens is 334 g/mol. The van der Waals surface area contributed by atoms with Crippen LogP contribution >= 0.6 is 39.3 Å². The van der Waals surface area contributed by atoms with Crippen molar-refractivity contribution in [2.45, 2.75) is 10.6 Å². The zero-order chi connectivity index (χ0) is 13.0. The van der Waals surface area contributed by atoms with Gasteiger partial charge >= 0.3 is 0 Å². The van der Waals surface area contributed by atoms with Gasteiger partial charge in [0.1, 0.15) is 5.75 Å². The van der Waals surface area contributed by atoms with E-state index in [1.54, 1.807) is 31.3 Å². The molecule has 0 radical (unpaired) electrons. The second-order valence-corrected chi connectivity index (χ2v) is 5.82. The molecular formula is C13H11BrClNOS.